The van der Waals surface area contributed by atoms with Crippen LogP contribution in [0.5, 0.6) is 0 Å². The summed E-state index contributed by atoms with van der Waals surface area (Å²) in [4.78, 5) is 22.9. The first kappa shape index (κ1) is 35.5. The van der Waals surface area contributed by atoms with Crippen LogP contribution in [-0.4, -0.2) is 110 Å². The van der Waals surface area contributed by atoms with Gasteiger partial charge in [0, 0.05) is 31.0 Å². The molecular formula is C35H46N6O7S. The summed E-state index contributed by atoms with van der Waals surface area (Å²) in [6.45, 7) is 11.0. The highest BCUT2D eigenvalue weighted by atomic mass is 32.1. The van der Waals surface area contributed by atoms with Crippen molar-refractivity contribution in [3.8, 4) is 0 Å². The van der Waals surface area contributed by atoms with E-state index in [2.05, 4.69) is 46.2 Å². The fourth-order valence-electron chi connectivity index (χ4n) is 5.75. The van der Waals surface area contributed by atoms with Crippen molar-refractivity contribution < 1.29 is 33.2 Å². The summed E-state index contributed by atoms with van der Waals surface area (Å²) in [7, 11) is 1.65. The minimum atomic E-state index is -0.283. The Labute approximate surface area is 290 Å². The van der Waals surface area contributed by atoms with Gasteiger partial charge in [-0.25, -0.2) is 19.9 Å². The van der Waals surface area contributed by atoms with Crippen molar-refractivity contribution in [2.45, 2.75) is 45.5 Å². The fraction of sp³-hybridized carbons (Fsp3) is 0.543. The van der Waals surface area contributed by atoms with Gasteiger partial charge in [0.2, 0.25) is 0 Å². The number of imidazole rings is 1. The molecule has 0 saturated heterocycles. The molecule has 5 heterocycles. The molecule has 0 saturated carbocycles. The van der Waals surface area contributed by atoms with Gasteiger partial charge >= 0.3 is 0 Å². The van der Waals surface area contributed by atoms with Gasteiger partial charge in [0.1, 0.15) is 17.0 Å². The molecule has 4 aromatic heterocycles. The van der Waals surface area contributed by atoms with E-state index in [4.69, 9.17) is 43.1 Å². The van der Waals surface area contributed by atoms with E-state index in [1.807, 2.05) is 6.07 Å². The monoisotopic (exact) mass is 694 g/mol. The number of hydrogen-bond donors (Lipinski definition) is 2. The van der Waals surface area contributed by atoms with E-state index in [9.17, 15) is 0 Å². The number of H-pyrrole nitrogens is 1. The van der Waals surface area contributed by atoms with E-state index < -0.39 is 0 Å². The highest BCUT2D eigenvalue weighted by molar-refractivity contribution is 7.26. The van der Waals surface area contributed by atoms with Crippen LogP contribution in [0.15, 0.2) is 30.9 Å². The molecule has 49 heavy (non-hydrogen) atoms. The number of thiophene rings is 1. The molecule has 0 atom stereocenters. The molecule has 0 spiro atoms. The molecule has 264 valence electrons. The number of anilines is 1. The number of nitrogens with zero attached hydrogens (tertiary/aromatic N) is 4. The predicted molar refractivity (Wildman–Crippen MR) is 188 cm³/mol. The molecule has 0 fully saturated rings. The van der Waals surface area contributed by atoms with Crippen molar-refractivity contribution in [2.75, 3.05) is 85.0 Å². The second-order valence-electron chi connectivity index (χ2n) is 12.3. The summed E-state index contributed by atoms with van der Waals surface area (Å²) in [5.74, 6) is 0.811. The number of benzene rings is 1. The lowest BCUT2D eigenvalue weighted by Crippen LogP contribution is -2.33. The minimum Gasteiger partial charge on any atom is -0.382 e. The average molecular weight is 695 g/mol. The van der Waals surface area contributed by atoms with Crippen molar-refractivity contribution in [3.63, 3.8) is 0 Å². The lowest BCUT2D eigenvalue weighted by Gasteiger charge is -2.32. The molecule has 1 aromatic carbocycles. The van der Waals surface area contributed by atoms with E-state index in [-0.39, 0.29) is 5.60 Å². The third-order valence-corrected chi connectivity index (χ3v) is 9.34. The molecular weight excluding hydrogens is 648 g/mol. The molecule has 5 aromatic rings. The van der Waals surface area contributed by atoms with Crippen LogP contribution in [0.25, 0.3) is 31.5 Å². The Morgan fingerprint density at radius 2 is 1.61 bits per heavy atom. The van der Waals surface area contributed by atoms with Gasteiger partial charge in [-0.15, -0.1) is 11.3 Å². The number of hydrogen-bond acceptors (Lipinski definition) is 13. The second-order valence-corrected chi connectivity index (χ2v) is 13.3. The second kappa shape index (κ2) is 17.5. The molecule has 13 nitrogen and oxygen atoms in total. The van der Waals surface area contributed by atoms with Crippen LogP contribution in [0.3, 0.4) is 0 Å². The fourth-order valence-corrected chi connectivity index (χ4v) is 6.89. The molecule has 14 heteroatoms. The number of ether oxygens (including phenoxy) is 7. The van der Waals surface area contributed by atoms with Crippen molar-refractivity contribution >= 4 is 48.6 Å². The first-order valence-corrected chi connectivity index (χ1v) is 17.6. The Morgan fingerprint density at radius 3 is 2.35 bits per heavy atom. The Hall–Kier alpha value is -3.34. The van der Waals surface area contributed by atoms with E-state index in [0.717, 1.165) is 73.5 Å². The van der Waals surface area contributed by atoms with Gasteiger partial charge in [-0.1, -0.05) is 6.07 Å². The molecule has 6 rings (SSSR count). The quantitative estimate of drug-likeness (QED) is 0.101. The zero-order chi connectivity index (χ0) is 33.9. The highest BCUT2D eigenvalue weighted by Gasteiger charge is 2.31. The van der Waals surface area contributed by atoms with E-state index >= 15 is 0 Å². The first-order valence-electron chi connectivity index (χ1n) is 16.8. The van der Waals surface area contributed by atoms with Crippen LogP contribution in [0.4, 0.5) is 5.82 Å². The lowest BCUT2D eigenvalue weighted by atomic mass is 9.92. The normalized spacial score (nSPS) is 14.3. The van der Waals surface area contributed by atoms with Gasteiger partial charge in [-0.2, -0.15) is 0 Å². The van der Waals surface area contributed by atoms with Gasteiger partial charge < -0.3 is 43.5 Å². The molecule has 0 bridgehead atoms. The number of pyridine rings is 1. The summed E-state index contributed by atoms with van der Waals surface area (Å²) < 4.78 is 40.5. The van der Waals surface area contributed by atoms with E-state index in [0.29, 0.717) is 79.3 Å². The Kier molecular flexibility index (Phi) is 12.7. The summed E-state index contributed by atoms with van der Waals surface area (Å²) in [5.41, 5.74) is 7.05. The smallest absolute Gasteiger partial charge is 0.147 e. The largest absolute Gasteiger partial charge is 0.382 e. The molecule has 0 amide bonds. The van der Waals surface area contributed by atoms with Crippen molar-refractivity contribution in [1.82, 2.24) is 24.9 Å². The van der Waals surface area contributed by atoms with E-state index in [1.165, 1.54) is 5.56 Å². The van der Waals surface area contributed by atoms with Gasteiger partial charge in [0.15, 0.2) is 0 Å². The maximum atomic E-state index is 6.24. The number of rotatable bonds is 21. The van der Waals surface area contributed by atoms with Gasteiger partial charge in [0.05, 0.1) is 118 Å². The van der Waals surface area contributed by atoms with Crippen LogP contribution >= 0.6 is 11.3 Å². The maximum absolute atomic E-state index is 6.24. The molecule has 2 N–H and O–H groups in total. The number of fused-ring (bicyclic) bond motifs is 5. The van der Waals surface area contributed by atoms with Gasteiger partial charge in [-0.05, 0) is 43.5 Å². The number of methoxy groups -OCH3 is 1. The predicted octanol–water partition coefficient (Wildman–Crippen LogP) is 4.85. The van der Waals surface area contributed by atoms with Crippen molar-refractivity contribution in [3.05, 3.63) is 53.2 Å². The number of nitrogens with one attached hydrogen (secondary N) is 2. The molecule has 1 aliphatic heterocycles. The summed E-state index contributed by atoms with van der Waals surface area (Å²) in [5, 5.41) is 4.56. The topological polar surface area (TPSA) is 144 Å². The summed E-state index contributed by atoms with van der Waals surface area (Å²) in [6, 6.07) is 6.30. The van der Waals surface area contributed by atoms with Crippen LogP contribution in [0.1, 0.15) is 36.2 Å². The van der Waals surface area contributed by atoms with Crippen molar-refractivity contribution in [1.29, 1.82) is 0 Å². The Balaban J connectivity index is 1.03. The minimum absolute atomic E-state index is 0.283. The van der Waals surface area contributed by atoms with Crippen molar-refractivity contribution in [2.24, 2.45) is 0 Å². The maximum Gasteiger partial charge on any atom is 0.147 e. The lowest BCUT2D eigenvalue weighted by molar-refractivity contribution is -0.0425. The van der Waals surface area contributed by atoms with Crippen LogP contribution < -0.4 is 5.32 Å². The summed E-state index contributed by atoms with van der Waals surface area (Å²) in [6.07, 6.45) is 4.92. The van der Waals surface area contributed by atoms with Crippen LogP contribution in [-0.2, 0) is 59.2 Å². The highest BCUT2D eigenvalue weighted by Crippen LogP contribution is 2.41. The molecule has 1 aliphatic rings. The van der Waals surface area contributed by atoms with Gasteiger partial charge in [-0.3, -0.25) is 0 Å². The number of aromatic amines is 1. The number of aromatic nitrogens is 5. The average Bonchev–Trinajstić information content (AvgIpc) is 3.72. The van der Waals surface area contributed by atoms with Gasteiger partial charge in [0.25, 0.3) is 0 Å². The standard InChI is InChI=1S/C35H46N6O7S/c1-35(2)19-29-25(21-48-35)26(20-47-17-16-46-15-14-45-13-12-44-11-10-43-9-8-42-3)30-31-32(49-34(30)41-29)33(40-23-39-31)36-7-6-24-4-5-27-28(18-24)38-22-37-27/h4-5,18,22-23H,6-17,19-21H2,1-3H3,(H,37,38)(H,36,39,40). The third kappa shape index (κ3) is 9.47. The van der Waals surface area contributed by atoms with E-state index in [1.54, 1.807) is 31.1 Å². The SMILES string of the molecule is COCCOCCOCCOCCOCCOCc1c2c(nc3sc4c(NCCc5ccc6nc[nH]c6c5)ncnc4c13)CC(C)(C)OC2. The van der Waals surface area contributed by atoms with Crippen LogP contribution in [0.2, 0.25) is 0 Å². The zero-order valence-corrected chi connectivity index (χ0v) is 29.4. The Bertz CT molecular complexity index is 1800. The zero-order valence-electron chi connectivity index (χ0n) is 28.5. The third-order valence-electron chi connectivity index (χ3n) is 8.26. The first-order chi connectivity index (χ1) is 24.0. The van der Waals surface area contributed by atoms with Crippen LogP contribution in [0, 0.1) is 0 Å². The summed E-state index contributed by atoms with van der Waals surface area (Å²) >= 11 is 1.62. The Morgan fingerprint density at radius 1 is 0.898 bits per heavy atom. The molecule has 0 aliphatic carbocycles. The molecule has 0 unspecified atom stereocenters. The molecule has 0 radical (unpaired) electrons.